The molecule has 4 nitrogen and oxygen atoms in total. The highest BCUT2D eigenvalue weighted by molar-refractivity contribution is 9.10. The quantitative estimate of drug-likeness (QED) is 0.652. The summed E-state index contributed by atoms with van der Waals surface area (Å²) in [6.07, 6.45) is 0. The van der Waals surface area contributed by atoms with Gasteiger partial charge in [0.15, 0.2) is 0 Å². The van der Waals surface area contributed by atoms with Crippen LogP contribution in [-0.2, 0) is 9.53 Å². The van der Waals surface area contributed by atoms with Crippen molar-refractivity contribution in [2.75, 3.05) is 24.7 Å². The van der Waals surface area contributed by atoms with Crippen LogP contribution in [0.5, 0.6) is 0 Å². The molecule has 1 aromatic rings. The third kappa shape index (κ3) is 3.09. The van der Waals surface area contributed by atoms with Gasteiger partial charge in [-0.1, -0.05) is 0 Å². The number of nitrogens with one attached hydrogen (secondary N) is 1. The maximum atomic E-state index is 13.1. The van der Waals surface area contributed by atoms with Crippen LogP contribution in [0.3, 0.4) is 0 Å². The van der Waals surface area contributed by atoms with Crippen LogP contribution >= 0.6 is 15.9 Å². The summed E-state index contributed by atoms with van der Waals surface area (Å²) in [5.74, 6) is -0.894. The minimum Gasteiger partial charge on any atom is -0.468 e. The number of nitrogens with two attached hydrogens (primary N) is 1. The Morgan fingerprint density at radius 2 is 2.33 bits per heavy atom. The minimum absolute atomic E-state index is 0.0538. The van der Waals surface area contributed by atoms with Gasteiger partial charge in [-0.05, 0) is 22.0 Å². The summed E-state index contributed by atoms with van der Waals surface area (Å²) in [7, 11) is 1.27. The average molecular weight is 277 g/mol. The molecule has 0 unspecified atom stereocenters. The number of methoxy groups -OCH3 is 1. The van der Waals surface area contributed by atoms with Crippen molar-refractivity contribution in [2.45, 2.75) is 0 Å². The molecule has 0 aliphatic rings. The minimum atomic E-state index is -0.448. The number of halogens is 2. The van der Waals surface area contributed by atoms with Gasteiger partial charge >= 0.3 is 5.97 Å². The number of nitrogen functional groups attached to an aromatic ring is 1. The highest BCUT2D eigenvalue weighted by Gasteiger charge is 2.07. The Kier molecular flexibility index (Phi) is 3.90. The van der Waals surface area contributed by atoms with Gasteiger partial charge in [-0.15, -0.1) is 0 Å². The van der Waals surface area contributed by atoms with Gasteiger partial charge in [0, 0.05) is 6.07 Å². The fourth-order valence-electron chi connectivity index (χ4n) is 0.955. The van der Waals surface area contributed by atoms with E-state index in [9.17, 15) is 9.18 Å². The van der Waals surface area contributed by atoms with E-state index in [0.29, 0.717) is 11.4 Å². The molecular formula is C9H10BrFN2O2. The van der Waals surface area contributed by atoms with Gasteiger partial charge < -0.3 is 15.8 Å². The summed E-state index contributed by atoms with van der Waals surface area (Å²) in [6.45, 7) is -0.0538. The molecule has 1 rings (SSSR count). The van der Waals surface area contributed by atoms with Crippen molar-refractivity contribution in [1.29, 1.82) is 0 Å². The molecule has 0 amide bonds. The number of rotatable bonds is 3. The molecule has 0 spiro atoms. The second-order valence-corrected chi connectivity index (χ2v) is 3.64. The van der Waals surface area contributed by atoms with E-state index in [2.05, 4.69) is 26.0 Å². The monoisotopic (exact) mass is 276 g/mol. The molecule has 82 valence electrons. The topological polar surface area (TPSA) is 64.3 Å². The Bertz CT molecular complexity index is 385. The molecule has 0 radical (unpaired) electrons. The van der Waals surface area contributed by atoms with Gasteiger partial charge in [0.05, 0.1) is 23.0 Å². The van der Waals surface area contributed by atoms with Crippen LogP contribution in [0.4, 0.5) is 15.8 Å². The standard InChI is InChI=1S/C9H10BrFN2O2/c1-15-9(14)4-13-8-3-6(11)5(10)2-7(8)12/h2-3,13H,4,12H2,1H3. The van der Waals surface area contributed by atoms with Gasteiger partial charge in [-0.3, -0.25) is 4.79 Å². The van der Waals surface area contributed by atoms with Crippen LogP contribution in [0.1, 0.15) is 0 Å². The second kappa shape index (κ2) is 4.97. The lowest BCUT2D eigenvalue weighted by Crippen LogP contribution is -2.15. The fourth-order valence-corrected chi connectivity index (χ4v) is 1.32. The van der Waals surface area contributed by atoms with Crippen LogP contribution in [0.2, 0.25) is 0 Å². The lowest BCUT2D eigenvalue weighted by Gasteiger charge is -2.08. The molecule has 1 aromatic carbocycles. The first-order chi connectivity index (χ1) is 7.04. The van der Waals surface area contributed by atoms with Crippen molar-refractivity contribution in [1.82, 2.24) is 0 Å². The molecule has 0 saturated carbocycles. The highest BCUT2D eigenvalue weighted by atomic mass is 79.9. The summed E-state index contributed by atoms with van der Waals surface area (Å²) >= 11 is 3.00. The molecule has 0 aliphatic heterocycles. The number of carbonyl (C=O) groups excluding carboxylic acids is 1. The first-order valence-electron chi connectivity index (χ1n) is 4.09. The van der Waals surface area contributed by atoms with Crippen molar-refractivity contribution in [2.24, 2.45) is 0 Å². The lowest BCUT2D eigenvalue weighted by molar-refractivity contribution is -0.138. The Morgan fingerprint density at radius 1 is 1.67 bits per heavy atom. The van der Waals surface area contributed by atoms with E-state index < -0.39 is 11.8 Å². The summed E-state index contributed by atoms with van der Waals surface area (Å²) in [6, 6.07) is 2.64. The smallest absolute Gasteiger partial charge is 0.325 e. The van der Waals surface area contributed by atoms with Crippen LogP contribution in [0.15, 0.2) is 16.6 Å². The van der Waals surface area contributed by atoms with Crippen LogP contribution in [0, 0.1) is 5.82 Å². The predicted octanol–water partition coefficient (Wildman–Crippen LogP) is 1.76. The average Bonchev–Trinajstić information content (AvgIpc) is 2.21. The summed E-state index contributed by atoms with van der Waals surface area (Å²) < 4.78 is 17.8. The van der Waals surface area contributed by atoms with E-state index in [4.69, 9.17) is 5.73 Å². The molecule has 0 bridgehead atoms. The number of anilines is 2. The zero-order valence-electron chi connectivity index (χ0n) is 8.01. The third-order valence-corrected chi connectivity index (χ3v) is 2.35. The number of ether oxygens (including phenoxy) is 1. The van der Waals surface area contributed by atoms with Crippen molar-refractivity contribution in [3.05, 3.63) is 22.4 Å². The lowest BCUT2D eigenvalue weighted by atomic mass is 10.2. The van der Waals surface area contributed by atoms with E-state index in [1.54, 1.807) is 0 Å². The Morgan fingerprint density at radius 3 is 2.93 bits per heavy atom. The fraction of sp³-hybridized carbons (Fsp3) is 0.222. The van der Waals surface area contributed by atoms with Gasteiger partial charge in [-0.25, -0.2) is 4.39 Å². The molecule has 0 heterocycles. The normalized spacial score (nSPS) is 9.80. The van der Waals surface area contributed by atoms with Gasteiger partial charge in [0.1, 0.15) is 12.4 Å². The zero-order valence-corrected chi connectivity index (χ0v) is 9.60. The number of hydrogen-bond acceptors (Lipinski definition) is 4. The van der Waals surface area contributed by atoms with Crippen LogP contribution in [0.25, 0.3) is 0 Å². The van der Waals surface area contributed by atoms with E-state index in [1.807, 2.05) is 0 Å². The summed E-state index contributed by atoms with van der Waals surface area (Å²) in [5, 5.41) is 2.67. The SMILES string of the molecule is COC(=O)CNc1cc(F)c(Br)cc1N. The van der Waals surface area contributed by atoms with Crippen LogP contribution in [-0.4, -0.2) is 19.6 Å². The van der Waals surface area contributed by atoms with Gasteiger partial charge in [-0.2, -0.15) is 0 Å². The van der Waals surface area contributed by atoms with E-state index in [-0.39, 0.29) is 11.0 Å². The van der Waals surface area contributed by atoms with Crippen molar-refractivity contribution in [3.8, 4) is 0 Å². The molecule has 0 saturated heterocycles. The molecule has 6 heteroatoms. The molecular weight excluding hydrogens is 267 g/mol. The first kappa shape index (κ1) is 11.8. The first-order valence-corrected chi connectivity index (χ1v) is 4.89. The number of benzene rings is 1. The van der Waals surface area contributed by atoms with E-state index in [1.165, 1.54) is 19.2 Å². The van der Waals surface area contributed by atoms with Crippen molar-refractivity contribution in [3.63, 3.8) is 0 Å². The largest absolute Gasteiger partial charge is 0.468 e. The Balaban J connectivity index is 2.77. The summed E-state index contributed by atoms with van der Waals surface area (Å²) in [4.78, 5) is 10.8. The second-order valence-electron chi connectivity index (χ2n) is 2.78. The predicted molar refractivity (Wildman–Crippen MR) is 59.0 cm³/mol. The van der Waals surface area contributed by atoms with Gasteiger partial charge in [0.25, 0.3) is 0 Å². The van der Waals surface area contributed by atoms with Crippen LogP contribution < -0.4 is 11.1 Å². The molecule has 0 aromatic heterocycles. The van der Waals surface area contributed by atoms with Crippen molar-refractivity contribution < 1.29 is 13.9 Å². The Hall–Kier alpha value is -1.30. The number of carbonyl (C=O) groups is 1. The maximum Gasteiger partial charge on any atom is 0.325 e. The summed E-state index contributed by atoms with van der Waals surface area (Å²) in [5.41, 5.74) is 6.32. The van der Waals surface area contributed by atoms with E-state index >= 15 is 0 Å². The zero-order chi connectivity index (χ0) is 11.4. The highest BCUT2D eigenvalue weighted by Crippen LogP contribution is 2.26. The van der Waals surface area contributed by atoms with Crippen molar-refractivity contribution >= 4 is 33.3 Å². The molecule has 15 heavy (non-hydrogen) atoms. The van der Waals surface area contributed by atoms with E-state index in [0.717, 1.165) is 0 Å². The molecule has 3 N–H and O–H groups in total. The number of esters is 1. The molecule has 0 aliphatic carbocycles. The maximum absolute atomic E-state index is 13.1. The van der Waals surface area contributed by atoms with Gasteiger partial charge in [0.2, 0.25) is 0 Å². The Labute approximate surface area is 94.7 Å². The number of hydrogen-bond donors (Lipinski definition) is 2. The molecule has 0 fully saturated rings. The third-order valence-electron chi connectivity index (χ3n) is 1.74. The molecule has 0 atom stereocenters.